The average molecular weight is 253 g/mol. The van der Waals surface area contributed by atoms with Gasteiger partial charge in [0.15, 0.2) is 0 Å². The largest absolute Gasteiger partial charge is 0.383 e. The smallest absolute Gasteiger partial charge is 0.0952 e. The van der Waals surface area contributed by atoms with Gasteiger partial charge in [0, 0.05) is 33.0 Å². The number of nitrogens with one attached hydrogen (secondary N) is 1. The van der Waals surface area contributed by atoms with E-state index >= 15 is 0 Å². The van der Waals surface area contributed by atoms with Crippen molar-refractivity contribution in [3.05, 3.63) is 18.2 Å². The van der Waals surface area contributed by atoms with Gasteiger partial charge in [-0.1, -0.05) is 0 Å². The van der Waals surface area contributed by atoms with Crippen LogP contribution in [-0.4, -0.2) is 42.5 Å². The van der Waals surface area contributed by atoms with Gasteiger partial charge in [0.25, 0.3) is 0 Å². The third kappa shape index (κ3) is 3.31. The predicted octanol–water partition coefficient (Wildman–Crippen LogP) is 1.36. The number of hydrogen-bond acceptors (Lipinski definition) is 4. The lowest BCUT2D eigenvalue weighted by molar-refractivity contribution is 0.0722. The number of imidazole rings is 1. The van der Waals surface area contributed by atoms with Crippen molar-refractivity contribution < 1.29 is 9.47 Å². The van der Waals surface area contributed by atoms with E-state index in [2.05, 4.69) is 21.8 Å². The molecule has 5 heteroatoms. The summed E-state index contributed by atoms with van der Waals surface area (Å²) >= 11 is 0. The van der Waals surface area contributed by atoms with E-state index in [9.17, 15) is 0 Å². The van der Waals surface area contributed by atoms with Crippen LogP contribution in [0.4, 0.5) is 0 Å². The number of nitrogens with zero attached hydrogens (tertiary/aromatic N) is 2. The van der Waals surface area contributed by atoms with E-state index in [0.717, 1.165) is 32.7 Å². The first-order chi connectivity index (χ1) is 8.83. The Labute approximate surface area is 108 Å². The first kappa shape index (κ1) is 13.5. The lowest BCUT2D eigenvalue weighted by Gasteiger charge is -2.22. The average Bonchev–Trinajstić information content (AvgIpc) is 3.04. The summed E-state index contributed by atoms with van der Waals surface area (Å²) in [5, 5.41) is 3.35. The van der Waals surface area contributed by atoms with E-state index in [1.54, 1.807) is 7.11 Å². The molecule has 1 fully saturated rings. The second kappa shape index (κ2) is 6.87. The van der Waals surface area contributed by atoms with Gasteiger partial charge in [-0.05, 0) is 19.8 Å². The maximum atomic E-state index is 5.75. The molecule has 1 N–H and O–H groups in total. The first-order valence-corrected chi connectivity index (χ1v) is 6.65. The number of hydrogen-bond donors (Lipinski definition) is 1. The van der Waals surface area contributed by atoms with Gasteiger partial charge in [-0.25, -0.2) is 4.98 Å². The molecule has 1 aliphatic rings. The van der Waals surface area contributed by atoms with Crippen molar-refractivity contribution in [1.82, 2.24) is 14.9 Å². The Morgan fingerprint density at radius 1 is 1.67 bits per heavy atom. The van der Waals surface area contributed by atoms with Crippen molar-refractivity contribution in [2.24, 2.45) is 0 Å². The molecule has 0 spiro atoms. The molecule has 1 aromatic heterocycles. The zero-order valence-electron chi connectivity index (χ0n) is 11.3. The molecule has 1 saturated heterocycles. The third-order valence-corrected chi connectivity index (χ3v) is 3.48. The van der Waals surface area contributed by atoms with Gasteiger partial charge in [-0.3, -0.25) is 0 Å². The summed E-state index contributed by atoms with van der Waals surface area (Å²) in [6.07, 6.45) is 6.48. The van der Waals surface area contributed by atoms with Crippen molar-refractivity contribution in [2.45, 2.75) is 38.5 Å². The van der Waals surface area contributed by atoms with Crippen molar-refractivity contribution >= 4 is 0 Å². The number of methoxy groups -OCH3 is 1. The highest BCUT2D eigenvalue weighted by Crippen LogP contribution is 2.24. The van der Waals surface area contributed by atoms with Crippen LogP contribution in [-0.2, 0) is 16.0 Å². The Morgan fingerprint density at radius 2 is 2.56 bits per heavy atom. The molecule has 1 aromatic rings. The molecule has 2 rings (SSSR count). The molecule has 0 radical (unpaired) electrons. The van der Waals surface area contributed by atoms with Crippen molar-refractivity contribution in [1.29, 1.82) is 0 Å². The quantitative estimate of drug-likeness (QED) is 0.745. The molecule has 2 heterocycles. The Balaban J connectivity index is 1.89. The van der Waals surface area contributed by atoms with E-state index in [4.69, 9.17) is 9.47 Å². The fourth-order valence-corrected chi connectivity index (χ4v) is 2.39. The Kier molecular flexibility index (Phi) is 5.16. The second-order valence-electron chi connectivity index (χ2n) is 4.75. The molecule has 2 atom stereocenters. The molecule has 5 nitrogen and oxygen atoms in total. The van der Waals surface area contributed by atoms with Crippen LogP contribution in [0.15, 0.2) is 12.5 Å². The molecule has 0 aliphatic carbocycles. The second-order valence-corrected chi connectivity index (χ2v) is 4.75. The van der Waals surface area contributed by atoms with Gasteiger partial charge >= 0.3 is 0 Å². The summed E-state index contributed by atoms with van der Waals surface area (Å²) in [6, 6.07) is 0.356. The Bertz CT molecular complexity index is 348. The fourth-order valence-electron chi connectivity index (χ4n) is 2.39. The topological polar surface area (TPSA) is 48.3 Å². The molecule has 0 amide bonds. The SMILES string of the molecule is COCCNCc1cncn1C(C)C1CCCO1. The minimum absolute atomic E-state index is 0.330. The van der Waals surface area contributed by atoms with Gasteiger partial charge in [-0.15, -0.1) is 0 Å². The predicted molar refractivity (Wildman–Crippen MR) is 69.5 cm³/mol. The van der Waals surface area contributed by atoms with Crippen LogP contribution in [0.3, 0.4) is 0 Å². The summed E-state index contributed by atoms with van der Waals surface area (Å²) in [7, 11) is 1.71. The summed E-state index contributed by atoms with van der Waals surface area (Å²) in [5.74, 6) is 0. The molecule has 2 unspecified atom stereocenters. The maximum absolute atomic E-state index is 5.75. The van der Waals surface area contributed by atoms with Crippen LogP contribution >= 0.6 is 0 Å². The van der Waals surface area contributed by atoms with E-state index in [-0.39, 0.29) is 0 Å². The zero-order valence-corrected chi connectivity index (χ0v) is 11.3. The lowest BCUT2D eigenvalue weighted by Crippen LogP contribution is -2.25. The van der Waals surface area contributed by atoms with E-state index in [0.29, 0.717) is 12.1 Å². The monoisotopic (exact) mass is 253 g/mol. The summed E-state index contributed by atoms with van der Waals surface area (Å²) < 4.78 is 13.0. The summed E-state index contributed by atoms with van der Waals surface area (Å²) in [4.78, 5) is 4.25. The van der Waals surface area contributed by atoms with Crippen LogP contribution in [0.25, 0.3) is 0 Å². The molecule has 1 aliphatic heterocycles. The molecular formula is C13H23N3O2. The van der Waals surface area contributed by atoms with Crippen molar-refractivity contribution in [3.63, 3.8) is 0 Å². The van der Waals surface area contributed by atoms with Gasteiger partial charge in [0.1, 0.15) is 0 Å². The van der Waals surface area contributed by atoms with E-state index in [1.807, 2.05) is 12.5 Å². The van der Waals surface area contributed by atoms with Crippen LogP contribution in [0.2, 0.25) is 0 Å². The highest BCUT2D eigenvalue weighted by atomic mass is 16.5. The summed E-state index contributed by atoms with van der Waals surface area (Å²) in [5.41, 5.74) is 1.20. The van der Waals surface area contributed by atoms with Gasteiger partial charge in [0.2, 0.25) is 0 Å². The first-order valence-electron chi connectivity index (χ1n) is 6.65. The third-order valence-electron chi connectivity index (χ3n) is 3.48. The molecule has 0 aromatic carbocycles. The highest BCUT2D eigenvalue weighted by Gasteiger charge is 2.24. The van der Waals surface area contributed by atoms with Crippen LogP contribution in [0, 0.1) is 0 Å². The van der Waals surface area contributed by atoms with Gasteiger partial charge in [0.05, 0.1) is 30.8 Å². The Morgan fingerprint density at radius 3 is 3.28 bits per heavy atom. The standard InChI is InChI=1S/C13H23N3O2/c1-11(13-4-3-6-18-13)16-10-15-9-12(16)8-14-5-7-17-2/h9-11,13-14H,3-8H2,1-2H3. The molecular weight excluding hydrogens is 230 g/mol. The minimum Gasteiger partial charge on any atom is -0.383 e. The van der Waals surface area contributed by atoms with Crippen LogP contribution in [0.1, 0.15) is 31.5 Å². The number of ether oxygens (including phenoxy) is 2. The van der Waals surface area contributed by atoms with E-state index in [1.165, 1.54) is 12.1 Å². The fraction of sp³-hybridized carbons (Fsp3) is 0.769. The summed E-state index contributed by atoms with van der Waals surface area (Å²) in [6.45, 7) is 5.51. The van der Waals surface area contributed by atoms with Crippen LogP contribution in [0.5, 0.6) is 0 Å². The molecule has 0 saturated carbocycles. The molecule has 102 valence electrons. The number of rotatable bonds is 7. The highest BCUT2D eigenvalue weighted by molar-refractivity contribution is 5.01. The maximum Gasteiger partial charge on any atom is 0.0952 e. The normalized spacial score (nSPS) is 21.3. The zero-order chi connectivity index (χ0) is 12.8. The molecule has 0 bridgehead atoms. The number of aromatic nitrogens is 2. The Hall–Kier alpha value is -0.910. The van der Waals surface area contributed by atoms with Crippen molar-refractivity contribution in [3.8, 4) is 0 Å². The van der Waals surface area contributed by atoms with Crippen molar-refractivity contribution in [2.75, 3.05) is 26.9 Å². The van der Waals surface area contributed by atoms with Gasteiger partial charge in [-0.2, -0.15) is 0 Å². The van der Waals surface area contributed by atoms with Crippen LogP contribution < -0.4 is 5.32 Å². The molecule has 18 heavy (non-hydrogen) atoms. The van der Waals surface area contributed by atoms with Gasteiger partial charge < -0.3 is 19.4 Å². The minimum atomic E-state index is 0.330. The lowest BCUT2D eigenvalue weighted by atomic mass is 10.1. The van der Waals surface area contributed by atoms with E-state index < -0.39 is 0 Å².